The van der Waals surface area contributed by atoms with Crippen LogP contribution in [0, 0.1) is 17.8 Å². The molecule has 0 amide bonds. The van der Waals surface area contributed by atoms with Crippen molar-refractivity contribution in [1.82, 2.24) is 0 Å². The van der Waals surface area contributed by atoms with Crippen molar-refractivity contribution in [2.45, 2.75) is 65.7 Å². The predicted octanol–water partition coefficient (Wildman–Crippen LogP) is 10.8. The van der Waals surface area contributed by atoms with E-state index in [-0.39, 0.29) is 0 Å². The molecule has 2 aromatic carbocycles. The largest absolute Gasteiger partial charge is 0.0995 e. The summed E-state index contributed by atoms with van der Waals surface area (Å²) in [6.45, 7) is 22.7. The van der Waals surface area contributed by atoms with E-state index in [1.54, 1.807) is 5.57 Å². The molecule has 0 nitrogen and oxygen atoms in total. The van der Waals surface area contributed by atoms with E-state index in [1.165, 1.54) is 50.1 Å². The molecular weight excluding hydrogens is 468 g/mol. The average molecular weight is 513 g/mol. The monoisotopic (exact) mass is 512 g/mol. The van der Waals surface area contributed by atoms with Gasteiger partial charge in [-0.25, -0.2) is 0 Å². The summed E-state index contributed by atoms with van der Waals surface area (Å²) in [6.07, 6.45) is 14.9. The fraction of sp³-hybridized carbons (Fsp3) is 0.333. The van der Waals surface area contributed by atoms with Gasteiger partial charge in [0.15, 0.2) is 0 Å². The summed E-state index contributed by atoms with van der Waals surface area (Å²) in [7, 11) is 0. The molecule has 5 rings (SSSR count). The average Bonchev–Trinajstić information content (AvgIpc) is 3.52. The molecule has 0 spiro atoms. The first-order valence-electron chi connectivity index (χ1n) is 14.8. The molecule has 3 aliphatic carbocycles. The number of aryl methyl sites for hydroxylation is 1. The van der Waals surface area contributed by atoms with Crippen molar-refractivity contribution in [2.24, 2.45) is 17.8 Å². The first kappa shape index (κ1) is 27.2. The van der Waals surface area contributed by atoms with Crippen LogP contribution in [0.4, 0.5) is 0 Å². The summed E-state index contributed by atoms with van der Waals surface area (Å²) >= 11 is 0. The maximum Gasteiger partial charge on any atom is 0.0123 e. The van der Waals surface area contributed by atoms with Gasteiger partial charge in [-0.15, -0.1) is 0 Å². The Labute approximate surface area is 236 Å². The first-order chi connectivity index (χ1) is 18.8. The molecule has 0 aromatic heterocycles. The summed E-state index contributed by atoms with van der Waals surface area (Å²) in [6, 6.07) is 17.8. The smallest absolute Gasteiger partial charge is 0.0123 e. The fourth-order valence-electron chi connectivity index (χ4n) is 7.45. The van der Waals surface area contributed by atoms with Crippen LogP contribution in [-0.2, 0) is 6.42 Å². The summed E-state index contributed by atoms with van der Waals surface area (Å²) in [5.41, 5.74) is 15.1. The van der Waals surface area contributed by atoms with Crippen LogP contribution in [0.15, 0.2) is 120 Å². The van der Waals surface area contributed by atoms with Gasteiger partial charge in [0, 0.05) is 11.8 Å². The molecule has 0 radical (unpaired) electrons. The van der Waals surface area contributed by atoms with Crippen molar-refractivity contribution in [3.8, 4) is 0 Å². The van der Waals surface area contributed by atoms with Gasteiger partial charge in [0.25, 0.3) is 0 Å². The van der Waals surface area contributed by atoms with Crippen LogP contribution in [-0.4, -0.2) is 0 Å². The molecule has 0 N–H and O–H groups in total. The third-order valence-electron chi connectivity index (χ3n) is 9.19. The van der Waals surface area contributed by atoms with Crippen molar-refractivity contribution >= 4 is 11.1 Å². The second kappa shape index (κ2) is 11.4. The molecule has 0 heterocycles. The van der Waals surface area contributed by atoms with Gasteiger partial charge in [-0.05, 0) is 89.0 Å². The fourth-order valence-corrected chi connectivity index (χ4v) is 7.45. The van der Waals surface area contributed by atoms with Gasteiger partial charge in [0.05, 0.1) is 0 Å². The van der Waals surface area contributed by atoms with Crippen LogP contribution in [0.5, 0.6) is 0 Å². The van der Waals surface area contributed by atoms with Crippen molar-refractivity contribution in [3.63, 3.8) is 0 Å². The van der Waals surface area contributed by atoms with Crippen LogP contribution in [0.1, 0.15) is 81.5 Å². The summed E-state index contributed by atoms with van der Waals surface area (Å²) in [5.74, 6) is 1.69. The van der Waals surface area contributed by atoms with Crippen LogP contribution in [0.25, 0.3) is 11.1 Å². The SMILES string of the molecule is C=C(C)c1ccccc1C1=CC=C(/C=C2/CC3=CC(C)C(C(=C)CCC)C(c4ccccc4CC)C3C2=C)C1. The Morgan fingerprint density at radius 3 is 2.46 bits per heavy atom. The molecule has 0 saturated heterocycles. The van der Waals surface area contributed by atoms with E-state index in [0.717, 1.165) is 37.7 Å². The Hall–Kier alpha value is -3.38. The zero-order chi connectivity index (χ0) is 27.7. The molecule has 2 aromatic rings. The van der Waals surface area contributed by atoms with Gasteiger partial charge >= 0.3 is 0 Å². The van der Waals surface area contributed by atoms with E-state index in [0.29, 0.717) is 23.7 Å². The lowest BCUT2D eigenvalue weighted by molar-refractivity contribution is 0.321. The van der Waals surface area contributed by atoms with Gasteiger partial charge < -0.3 is 0 Å². The van der Waals surface area contributed by atoms with E-state index in [2.05, 4.69) is 114 Å². The molecule has 0 aliphatic heterocycles. The summed E-state index contributed by atoms with van der Waals surface area (Å²) in [4.78, 5) is 0. The van der Waals surface area contributed by atoms with Gasteiger partial charge in [-0.2, -0.15) is 0 Å². The van der Waals surface area contributed by atoms with E-state index in [9.17, 15) is 0 Å². The van der Waals surface area contributed by atoms with Crippen LogP contribution >= 0.6 is 0 Å². The highest BCUT2D eigenvalue weighted by molar-refractivity contribution is 5.82. The Bertz CT molecular complexity index is 1430. The normalized spacial score (nSPS) is 25.3. The van der Waals surface area contributed by atoms with E-state index < -0.39 is 0 Å². The number of benzene rings is 2. The molecule has 39 heavy (non-hydrogen) atoms. The topological polar surface area (TPSA) is 0 Å². The van der Waals surface area contributed by atoms with E-state index >= 15 is 0 Å². The predicted molar refractivity (Wildman–Crippen MR) is 171 cm³/mol. The minimum Gasteiger partial charge on any atom is -0.0995 e. The minimum absolute atomic E-state index is 0.359. The zero-order valence-corrected chi connectivity index (χ0v) is 24.4. The maximum atomic E-state index is 4.78. The van der Waals surface area contributed by atoms with Crippen molar-refractivity contribution in [1.29, 1.82) is 0 Å². The molecular formula is C39H44. The highest BCUT2D eigenvalue weighted by Crippen LogP contribution is 2.57. The van der Waals surface area contributed by atoms with E-state index in [4.69, 9.17) is 6.58 Å². The van der Waals surface area contributed by atoms with Crippen molar-refractivity contribution in [2.75, 3.05) is 0 Å². The molecule has 1 saturated carbocycles. The molecule has 4 unspecified atom stereocenters. The number of hydrogen-bond donors (Lipinski definition) is 0. The second-order valence-corrected chi connectivity index (χ2v) is 11.9. The Morgan fingerprint density at radius 2 is 1.72 bits per heavy atom. The Morgan fingerprint density at radius 1 is 0.974 bits per heavy atom. The number of hydrogen-bond acceptors (Lipinski definition) is 0. The summed E-state index contributed by atoms with van der Waals surface area (Å²) in [5, 5.41) is 0. The Kier molecular flexibility index (Phi) is 7.94. The second-order valence-electron chi connectivity index (χ2n) is 11.9. The molecule has 0 bridgehead atoms. The highest BCUT2D eigenvalue weighted by Gasteiger charge is 2.45. The number of rotatable bonds is 8. The van der Waals surface area contributed by atoms with Crippen molar-refractivity contribution < 1.29 is 0 Å². The zero-order valence-electron chi connectivity index (χ0n) is 24.4. The van der Waals surface area contributed by atoms with Gasteiger partial charge in [0.2, 0.25) is 0 Å². The Balaban J connectivity index is 1.47. The number of fused-ring (bicyclic) bond motifs is 1. The summed E-state index contributed by atoms with van der Waals surface area (Å²) < 4.78 is 0. The lowest BCUT2D eigenvalue weighted by atomic mass is 9.61. The molecule has 1 fully saturated rings. The van der Waals surface area contributed by atoms with Gasteiger partial charge in [0.1, 0.15) is 0 Å². The lowest BCUT2D eigenvalue weighted by Gasteiger charge is -2.42. The van der Waals surface area contributed by atoms with Crippen LogP contribution in [0.2, 0.25) is 0 Å². The highest BCUT2D eigenvalue weighted by atomic mass is 14.5. The third kappa shape index (κ3) is 5.14. The van der Waals surface area contributed by atoms with E-state index in [1.807, 2.05) is 0 Å². The molecule has 3 aliphatic rings. The van der Waals surface area contributed by atoms with Crippen LogP contribution in [0.3, 0.4) is 0 Å². The van der Waals surface area contributed by atoms with Gasteiger partial charge in [-0.3, -0.25) is 0 Å². The molecule has 0 heteroatoms. The maximum absolute atomic E-state index is 4.78. The lowest BCUT2D eigenvalue weighted by Crippen LogP contribution is -2.32. The molecule has 200 valence electrons. The molecule has 4 atom stereocenters. The van der Waals surface area contributed by atoms with Crippen molar-refractivity contribution in [3.05, 3.63) is 143 Å². The first-order valence-corrected chi connectivity index (χ1v) is 14.8. The number of allylic oxidation sites excluding steroid dienone is 11. The standard InChI is InChI=1S/C39H44/c1-8-14-26(5)37-27(6)21-33-24-32(28(7)38(33)39(37)36-18-11-10-15-30(36)9-2)23-29-19-20-31(22-29)35-17-13-12-16-34(35)25(3)4/h10-13,15-21,23,27,37-39H,3,5,7-9,14,22,24H2,1-2,4,6H3/b32-23-. The third-order valence-corrected chi connectivity index (χ3v) is 9.19. The van der Waals surface area contributed by atoms with Gasteiger partial charge in [-0.1, -0.05) is 136 Å². The quantitative estimate of drug-likeness (QED) is 0.309. The minimum atomic E-state index is 0.359. The van der Waals surface area contributed by atoms with Crippen LogP contribution < -0.4 is 0 Å².